The van der Waals surface area contributed by atoms with Crippen molar-refractivity contribution in [2.45, 2.75) is 51.4 Å². The highest BCUT2D eigenvalue weighted by molar-refractivity contribution is 5.58. The second kappa shape index (κ2) is 9.16. The zero-order chi connectivity index (χ0) is 25.4. The third-order valence-corrected chi connectivity index (χ3v) is 6.64. The smallest absolute Gasteiger partial charge is 0.244 e. The summed E-state index contributed by atoms with van der Waals surface area (Å²) in [6.45, 7) is 4.15. The average Bonchev–Trinajstić information content (AvgIpc) is 3.46. The first-order valence-electron chi connectivity index (χ1n) is 11.9. The van der Waals surface area contributed by atoms with E-state index in [0.29, 0.717) is 22.9 Å². The molecule has 0 fully saturated rings. The van der Waals surface area contributed by atoms with Gasteiger partial charge >= 0.3 is 0 Å². The molecule has 0 amide bonds. The van der Waals surface area contributed by atoms with Gasteiger partial charge in [-0.25, -0.2) is 0 Å². The van der Waals surface area contributed by atoms with E-state index in [4.69, 9.17) is 20.9 Å². The van der Waals surface area contributed by atoms with Crippen molar-refractivity contribution in [2.75, 3.05) is 0 Å². The van der Waals surface area contributed by atoms with Crippen LogP contribution in [0.1, 0.15) is 72.2 Å². The van der Waals surface area contributed by atoms with E-state index >= 15 is 0 Å². The molecule has 182 valence electrons. The molecule has 3 aromatic rings. The van der Waals surface area contributed by atoms with Crippen LogP contribution in [0.5, 0.6) is 11.8 Å². The van der Waals surface area contributed by atoms with Crippen LogP contribution in [0.3, 0.4) is 0 Å². The molecule has 4 heterocycles. The number of H-pyrrole nitrogens is 2. The molecule has 2 unspecified atom stereocenters. The molecule has 36 heavy (non-hydrogen) atoms. The second-order valence-corrected chi connectivity index (χ2v) is 8.86. The van der Waals surface area contributed by atoms with Crippen molar-refractivity contribution in [2.24, 2.45) is 11.5 Å². The first kappa shape index (κ1) is 23.1. The number of aryl methyl sites for hydroxylation is 2. The molecule has 1 aromatic carbocycles. The van der Waals surface area contributed by atoms with Crippen LogP contribution in [0.25, 0.3) is 0 Å². The van der Waals surface area contributed by atoms with Gasteiger partial charge in [0.2, 0.25) is 23.5 Å². The fourth-order valence-electron chi connectivity index (χ4n) is 5.05. The molecular weight excluding hydrogens is 456 g/mol. The summed E-state index contributed by atoms with van der Waals surface area (Å²) in [5, 5.41) is 34.5. The molecule has 2 aliphatic rings. The van der Waals surface area contributed by atoms with E-state index < -0.39 is 11.8 Å². The average molecular weight is 483 g/mol. The summed E-state index contributed by atoms with van der Waals surface area (Å²) in [5.41, 5.74) is 18.1. The summed E-state index contributed by atoms with van der Waals surface area (Å²) in [5.74, 6) is 0.0462. The van der Waals surface area contributed by atoms with Crippen molar-refractivity contribution in [3.8, 4) is 23.9 Å². The first-order valence-corrected chi connectivity index (χ1v) is 11.9. The van der Waals surface area contributed by atoms with Gasteiger partial charge in [0.15, 0.2) is 0 Å². The quantitative estimate of drug-likeness (QED) is 0.413. The standard InChI is InChI=1S/C26H26N8O2/c1-3-5-17-21-19(15(11-27)23(29)35-25(21)33-31-17)13-7-9-14(10-8-13)20-16(12-28)24(30)36-26-22(20)18(6-4-2)32-34-26/h7-10,19-20H,3-6,29-30H2,1-2H3,(H,31,33)(H,32,34). The van der Waals surface area contributed by atoms with Gasteiger partial charge in [0, 0.05) is 22.5 Å². The normalized spacial score (nSPS) is 18.6. The van der Waals surface area contributed by atoms with Gasteiger partial charge in [0.05, 0.1) is 11.8 Å². The van der Waals surface area contributed by atoms with Gasteiger partial charge in [-0.1, -0.05) is 51.0 Å². The van der Waals surface area contributed by atoms with E-state index in [2.05, 4.69) is 46.4 Å². The largest absolute Gasteiger partial charge is 0.420 e. The number of ether oxygens (including phenoxy) is 2. The monoisotopic (exact) mass is 482 g/mol. The minimum Gasteiger partial charge on any atom is -0.420 e. The van der Waals surface area contributed by atoms with Gasteiger partial charge in [-0.3, -0.25) is 10.2 Å². The Balaban J connectivity index is 1.61. The Hall–Kier alpha value is -4.70. The molecular formula is C26H26N8O2. The number of aromatic nitrogens is 4. The minimum atomic E-state index is -0.418. The number of nitriles is 2. The lowest BCUT2D eigenvalue weighted by atomic mass is 9.80. The molecule has 2 aromatic heterocycles. The molecule has 6 N–H and O–H groups in total. The van der Waals surface area contributed by atoms with Crippen LogP contribution in [0.15, 0.2) is 47.2 Å². The number of hydrogen-bond acceptors (Lipinski definition) is 8. The Morgan fingerprint density at radius 2 is 1.17 bits per heavy atom. The van der Waals surface area contributed by atoms with E-state index in [-0.39, 0.29) is 11.8 Å². The number of nitrogens with zero attached hydrogens (tertiary/aromatic N) is 4. The van der Waals surface area contributed by atoms with Crippen LogP contribution >= 0.6 is 0 Å². The van der Waals surface area contributed by atoms with Crippen molar-refractivity contribution in [3.63, 3.8) is 0 Å². The number of fused-ring (bicyclic) bond motifs is 2. The summed E-state index contributed by atoms with van der Waals surface area (Å²) >= 11 is 0. The number of nitrogens with two attached hydrogens (primary N) is 2. The number of hydrogen-bond donors (Lipinski definition) is 4. The van der Waals surface area contributed by atoms with Crippen LogP contribution in [0.4, 0.5) is 0 Å². The van der Waals surface area contributed by atoms with Crippen molar-refractivity contribution < 1.29 is 9.47 Å². The molecule has 0 radical (unpaired) electrons. The van der Waals surface area contributed by atoms with Crippen LogP contribution < -0.4 is 20.9 Å². The van der Waals surface area contributed by atoms with E-state index in [9.17, 15) is 10.5 Å². The third kappa shape index (κ3) is 3.55. The molecule has 0 saturated carbocycles. The summed E-state index contributed by atoms with van der Waals surface area (Å²) in [7, 11) is 0. The fourth-order valence-corrected chi connectivity index (χ4v) is 5.05. The minimum absolute atomic E-state index is 0.0489. The van der Waals surface area contributed by atoms with E-state index in [0.717, 1.165) is 59.3 Å². The molecule has 0 spiro atoms. The Morgan fingerprint density at radius 3 is 1.50 bits per heavy atom. The van der Waals surface area contributed by atoms with Crippen molar-refractivity contribution in [1.82, 2.24) is 20.4 Å². The predicted molar refractivity (Wildman–Crippen MR) is 130 cm³/mol. The molecule has 0 bridgehead atoms. The summed E-state index contributed by atoms with van der Waals surface area (Å²) < 4.78 is 11.3. The van der Waals surface area contributed by atoms with Gasteiger partial charge < -0.3 is 20.9 Å². The van der Waals surface area contributed by atoms with E-state index in [1.165, 1.54) is 0 Å². The van der Waals surface area contributed by atoms with E-state index in [1.54, 1.807) is 0 Å². The Morgan fingerprint density at radius 1 is 0.778 bits per heavy atom. The summed E-state index contributed by atoms with van der Waals surface area (Å²) in [6.07, 6.45) is 3.34. The molecule has 2 aliphatic heterocycles. The van der Waals surface area contributed by atoms with Gasteiger partial charge in [-0.05, 0) is 24.0 Å². The van der Waals surface area contributed by atoms with Crippen molar-refractivity contribution in [1.29, 1.82) is 10.5 Å². The topological polar surface area (TPSA) is 175 Å². The van der Waals surface area contributed by atoms with Crippen LogP contribution in [0, 0.1) is 22.7 Å². The van der Waals surface area contributed by atoms with Crippen LogP contribution in [0.2, 0.25) is 0 Å². The Bertz CT molecular complexity index is 1350. The highest BCUT2D eigenvalue weighted by Gasteiger charge is 2.37. The number of benzene rings is 1. The maximum atomic E-state index is 9.92. The van der Waals surface area contributed by atoms with Gasteiger partial charge in [0.1, 0.15) is 23.3 Å². The molecule has 2 atom stereocenters. The van der Waals surface area contributed by atoms with Gasteiger partial charge in [-0.15, -0.1) is 10.2 Å². The highest BCUT2D eigenvalue weighted by atomic mass is 16.5. The summed E-state index contributed by atoms with van der Waals surface area (Å²) in [4.78, 5) is 0. The highest BCUT2D eigenvalue weighted by Crippen LogP contribution is 2.46. The van der Waals surface area contributed by atoms with Crippen molar-refractivity contribution >= 4 is 0 Å². The maximum Gasteiger partial charge on any atom is 0.244 e. The van der Waals surface area contributed by atoms with Crippen molar-refractivity contribution in [3.05, 3.63) is 80.8 Å². The number of aromatic amines is 2. The number of nitrogens with one attached hydrogen (secondary N) is 2. The van der Waals surface area contributed by atoms with Crippen LogP contribution in [-0.4, -0.2) is 20.4 Å². The molecule has 10 heteroatoms. The molecule has 0 aliphatic carbocycles. The Kier molecular flexibility index (Phi) is 5.87. The SMILES string of the molecule is CCCc1[nH]nc2c1C(c1ccc(C3C(C#N)=C(N)Oc4n[nH]c(CCC)c43)cc1)C(C#N)=C(N)O2. The zero-order valence-corrected chi connectivity index (χ0v) is 20.1. The lowest BCUT2D eigenvalue weighted by Crippen LogP contribution is -2.22. The lowest BCUT2D eigenvalue weighted by molar-refractivity contribution is 0.378. The number of rotatable bonds is 6. The zero-order valence-electron chi connectivity index (χ0n) is 20.1. The van der Waals surface area contributed by atoms with Gasteiger partial charge in [0.25, 0.3) is 0 Å². The summed E-state index contributed by atoms with van der Waals surface area (Å²) in [6, 6.07) is 12.2. The molecule has 5 rings (SSSR count). The number of allylic oxidation sites excluding steroid dienone is 2. The van der Waals surface area contributed by atoms with E-state index in [1.807, 2.05) is 24.3 Å². The van der Waals surface area contributed by atoms with Crippen LogP contribution in [-0.2, 0) is 12.8 Å². The maximum absolute atomic E-state index is 9.92. The first-order chi connectivity index (χ1) is 17.5. The third-order valence-electron chi connectivity index (χ3n) is 6.64. The molecule has 0 saturated heterocycles. The van der Waals surface area contributed by atoms with Gasteiger partial charge in [-0.2, -0.15) is 10.5 Å². The lowest BCUT2D eigenvalue weighted by Gasteiger charge is -2.26. The second-order valence-electron chi connectivity index (χ2n) is 8.86. The molecule has 10 nitrogen and oxygen atoms in total. The fraction of sp³-hybridized carbons (Fsp3) is 0.308. The predicted octanol–water partition coefficient (Wildman–Crippen LogP) is 3.47. The Labute approximate surface area is 208 Å².